The third kappa shape index (κ3) is 4.30. The molecular formula is C18H25FN2O2. The molecule has 126 valence electrons. The normalized spacial score (nSPS) is 17.5. The van der Waals surface area contributed by atoms with E-state index in [-0.39, 0.29) is 30.0 Å². The SMILES string of the molecule is CCNC(=O)C1(NC(=O)C[C@H](C)c2ccc(F)cc2)CCCC1. The first-order valence-electron chi connectivity index (χ1n) is 8.31. The number of carbonyl (C=O) groups excluding carboxylic acids is 2. The topological polar surface area (TPSA) is 58.2 Å². The van der Waals surface area contributed by atoms with Crippen LogP contribution in [0, 0.1) is 5.82 Å². The average molecular weight is 320 g/mol. The van der Waals surface area contributed by atoms with Crippen LogP contribution in [0.5, 0.6) is 0 Å². The van der Waals surface area contributed by atoms with Crippen molar-refractivity contribution in [3.05, 3.63) is 35.6 Å². The van der Waals surface area contributed by atoms with Gasteiger partial charge in [0.05, 0.1) is 0 Å². The second-order valence-corrected chi connectivity index (χ2v) is 6.35. The molecule has 1 saturated carbocycles. The average Bonchev–Trinajstić information content (AvgIpc) is 2.97. The van der Waals surface area contributed by atoms with E-state index in [4.69, 9.17) is 0 Å². The maximum absolute atomic E-state index is 13.0. The molecule has 1 aliphatic carbocycles. The maximum Gasteiger partial charge on any atom is 0.245 e. The van der Waals surface area contributed by atoms with Crippen LogP contribution in [0.2, 0.25) is 0 Å². The van der Waals surface area contributed by atoms with E-state index in [0.717, 1.165) is 18.4 Å². The Bertz CT molecular complexity index is 551. The van der Waals surface area contributed by atoms with E-state index in [1.54, 1.807) is 12.1 Å². The van der Waals surface area contributed by atoms with Crippen LogP contribution in [0.4, 0.5) is 4.39 Å². The Morgan fingerprint density at radius 3 is 2.39 bits per heavy atom. The fraction of sp³-hybridized carbons (Fsp3) is 0.556. The van der Waals surface area contributed by atoms with Gasteiger partial charge in [-0.25, -0.2) is 4.39 Å². The zero-order valence-corrected chi connectivity index (χ0v) is 13.8. The van der Waals surface area contributed by atoms with Gasteiger partial charge in [0.2, 0.25) is 11.8 Å². The summed E-state index contributed by atoms with van der Waals surface area (Å²) in [4.78, 5) is 24.7. The standard InChI is InChI=1S/C18H25FN2O2/c1-3-20-17(23)18(10-4-5-11-18)21-16(22)12-13(2)14-6-8-15(19)9-7-14/h6-9,13H,3-5,10-12H2,1-2H3,(H,20,23)(H,21,22)/t13-/m0/s1. The summed E-state index contributed by atoms with van der Waals surface area (Å²) >= 11 is 0. The Balaban J connectivity index is 1.99. The first kappa shape index (κ1) is 17.4. The molecular weight excluding hydrogens is 295 g/mol. The monoisotopic (exact) mass is 320 g/mol. The summed E-state index contributed by atoms with van der Waals surface area (Å²) in [5, 5.41) is 5.79. The summed E-state index contributed by atoms with van der Waals surface area (Å²) in [7, 11) is 0. The molecule has 0 saturated heterocycles. The minimum atomic E-state index is -0.754. The fourth-order valence-corrected chi connectivity index (χ4v) is 3.22. The number of rotatable bonds is 6. The number of halogens is 1. The number of nitrogens with one attached hydrogen (secondary N) is 2. The van der Waals surface area contributed by atoms with Gasteiger partial charge in [-0.2, -0.15) is 0 Å². The van der Waals surface area contributed by atoms with Crippen LogP contribution in [0.15, 0.2) is 24.3 Å². The van der Waals surface area contributed by atoms with Crippen molar-refractivity contribution in [1.29, 1.82) is 0 Å². The van der Waals surface area contributed by atoms with Crippen molar-refractivity contribution in [3.8, 4) is 0 Å². The number of carbonyl (C=O) groups is 2. The van der Waals surface area contributed by atoms with E-state index in [2.05, 4.69) is 10.6 Å². The molecule has 1 aromatic carbocycles. The Kier molecular flexibility index (Phi) is 5.74. The van der Waals surface area contributed by atoms with Crippen LogP contribution in [-0.2, 0) is 9.59 Å². The van der Waals surface area contributed by atoms with Gasteiger partial charge in [0.1, 0.15) is 11.4 Å². The third-order valence-corrected chi connectivity index (χ3v) is 4.54. The molecule has 2 N–H and O–H groups in total. The van der Waals surface area contributed by atoms with Crippen LogP contribution in [0.25, 0.3) is 0 Å². The highest BCUT2D eigenvalue weighted by atomic mass is 19.1. The number of likely N-dealkylation sites (N-methyl/N-ethyl adjacent to an activating group) is 1. The van der Waals surface area contributed by atoms with E-state index < -0.39 is 5.54 Å². The van der Waals surface area contributed by atoms with Gasteiger partial charge in [-0.15, -0.1) is 0 Å². The summed E-state index contributed by atoms with van der Waals surface area (Å²) in [6.45, 7) is 4.36. The number of benzene rings is 1. The smallest absolute Gasteiger partial charge is 0.245 e. The van der Waals surface area contributed by atoms with Gasteiger partial charge in [0, 0.05) is 13.0 Å². The van der Waals surface area contributed by atoms with Crippen molar-refractivity contribution >= 4 is 11.8 Å². The zero-order chi connectivity index (χ0) is 16.9. The molecule has 23 heavy (non-hydrogen) atoms. The minimum Gasteiger partial charge on any atom is -0.354 e. The van der Waals surface area contributed by atoms with Crippen molar-refractivity contribution in [2.45, 2.75) is 57.4 Å². The van der Waals surface area contributed by atoms with Crippen LogP contribution in [0.3, 0.4) is 0 Å². The van der Waals surface area contributed by atoms with E-state index in [9.17, 15) is 14.0 Å². The number of hydrogen-bond acceptors (Lipinski definition) is 2. The zero-order valence-electron chi connectivity index (χ0n) is 13.8. The highest BCUT2D eigenvalue weighted by molar-refractivity contribution is 5.91. The van der Waals surface area contributed by atoms with Gasteiger partial charge in [0.25, 0.3) is 0 Å². The molecule has 0 radical (unpaired) electrons. The van der Waals surface area contributed by atoms with E-state index >= 15 is 0 Å². The van der Waals surface area contributed by atoms with Crippen LogP contribution in [-0.4, -0.2) is 23.9 Å². The quantitative estimate of drug-likeness (QED) is 0.847. The molecule has 0 aromatic heterocycles. The van der Waals surface area contributed by atoms with E-state index in [1.807, 2.05) is 13.8 Å². The first-order chi connectivity index (χ1) is 11.0. The summed E-state index contributed by atoms with van der Waals surface area (Å²) in [6.07, 6.45) is 3.56. The number of amides is 2. The van der Waals surface area contributed by atoms with Gasteiger partial charge in [-0.05, 0) is 43.4 Å². The van der Waals surface area contributed by atoms with Gasteiger partial charge >= 0.3 is 0 Å². The largest absolute Gasteiger partial charge is 0.354 e. The Labute approximate surface area is 136 Å². The second-order valence-electron chi connectivity index (χ2n) is 6.35. The molecule has 1 aromatic rings. The molecule has 4 nitrogen and oxygen atoms in total. The Morgan fingerprint density at radius 2 is 1.83 bits per heavy atom. The lowest BCUT2D eigenvalue weighted by Gasteiger charge is -2.29. The van der Waals surface area contributed by atoms with Crippen molar-refractivity contribution in [2.75, 3.05) is 6.54 Å². The minimum absolute atomic E-state index is 0.0247. The molecule has 2 amide bonds. The predicted molar refractivity (Wildman–Crippen MR) is 87.5 cm³/mol. The summed E-state index contributed by atoms with van der Waals surface area (Å²) in [6, 6.07) is 6.19. The summed E-state index contributed by atoms with van der Waals surface area (Å²) in [5.74, 6) is -0.523. The molecule has 0 bridgehead atoms. The highest BCUT2D eigenvalue weighted by Crippen LogP contribution is 2.30. The van der Waals surface area contributed by atoms with Crippen molar-refractivity contribution in [2.24, 2.45) is 0 Å². The van der Waals surface area contributed by atoms with Gasteiger partial charge < -0.3 is 10.6 Å². The van der Waals surface area contributed by atoms with Crippen LogP contribution >= 0.6 is 0 Å². The fourth-order valence-electron chi connectivity index (χ4n) is 3.22. The van der Waals surface area contributed by atoms with Crippen LogP contribution < -0.4 is 10.6 Å². The summed E-state index contributed by atoms with van der Waals surface area (Å²) in [5.41, 5.74) is 0.162. The van der Waals surface area contributed by atoms with Crippen molar-refractivity contribution in [1.82, 2.24) is 10.6 Å². The lowest BCUT2D eigenvalue weighted by molar-refractivity contribution is -0.133. The molecule has 0 heterocycles. The van der Waals surface area contributed by atoms with E-state index in [1.165, 1.54) is 12.1 Å². The maximum atomic E-state index is 13.0. The predicted octanol–water partition coefficient (Wildman–Crippen LogP) is 2.88. The molecule has 2 rings (SSSR count). The van der Waals surface area contributed by atoms with E-state index in [0.29, 0.717) is 19.4 Å². The molecule has 0 spiro atoms. The second kappa shape index (κ2) is 7.57. The molecule has 1 aliphatic rings. The van der Waals surface area contributed by atoms with Gasteiger partial charge in [0.15, 0.2) is 0 Å². The van der Waals surface area contributed by atoms with Crippen LogP contribution in [0.1, 0.15) is 57.4 Å². The molecule has 5 heteroatoms. The lowest BCUT2D eigenvalue weighted by Crippen LogP contribution is -2.57. The molecule has 0 unspecified atom stereocenters. The molecule has 1 fully saturated rings. The third-order valence-electron chi connectivity index (χ3n) is 4.54. The lowest BCUT2D eigenvalue weighted by atomic mass is 9.93. The summed E-state index contributed by atoms with van der Waals surface area (Å²) < 4.78 is 13.0. The van der Waals surface area contributed by atoms with Crippen molar-refractivity contribution < 1.29 is 14.0 Å². The Morgan fingerprint density at radius 1 is 1.22 bits per heavy atom. The Hall–Kier alpha value is -1.91. The molecule has 1 atom stereocenters. The first-order valence-corrected chi connectivity index (χ1v) is 8.31. The van der Waals surface area contributed by atoms with Gasteiger partial charge in [-0.1, -0.05) is 31.9 Å². The number of hydrogen-bond donors (Lipinski definition) is 2. The molecule has 0 aliphatic heterocycles. The van der Waals surface area contributed by atoms with Gasteiger partial charge in [-0.3, -0.25) is 9.59 Å². The highest BCUT2D eigenvalue weighted by Gasteiger charge is 2.42. The van der Waals surface area contributed by atoms with Crippen molar-refractivity contribution in [3.63, 3.8) is 0 Å².